The number of carbonyl (C=O) groups excluding carboxylic acids is 1. The number of primary amides is 1. The molecule has 1 aliphatic rings. The highest BCUT2D eigenvalue weighted by Crippen LogP contribution is 2.02. The molecule has 0 aromatic carbocycles. The van der Waals surface area contributed by atoms with Crippen LogP contribution in [-0.2, 0) is 14.3 Å². The molecule has 1 amide bonds. The van der Waals surface area contributed by atoms with E-state index in [0.717, 1.165) is 0 Å². The average molecular weight is 155 g/mol. The van der Waals surface area contributed by atoms with Crippen molar-refractivity contribution in [2.24, 2.45) is 5.73 Å². The van der Waals surface area contributed by atoms with E-state index in [0.29, 0.717) is 0 Å². The molecular weight excluding hydrogens is 146 g/mol. The van der Waals surface area contributed by atoms with Gasteiger partial charge in [-0.25, -0.2) is 0 Å². The van der Waals surface area contributed by atoms with Crippen molar-refractivity contribution in [3.63, 3.8) is 0 Å². The molecule has 60 valence electrons. The van der Waals surface area contributed by atoms with Crippen LogP contribution in [0.5, 0.6) is 0 Å². The smallest absolute Gasteiger partial charge is 0.243 e. The molecule has 0 aromatic heterocycles. The van der Waals surface area contributed by atoms with E-state index in [-0.39, 0.29) is 6.61 Å². The number of nitrogens with two attached hydrogens (primary N) is 1. The first kappa shape index (κ1) is 7.81. The predicted molar refractivity (Wildman–Crippen MR) is 38.3 cm³/mol. The molecular formula is C7H9NO3. The fourth-order valence-corrected chi connectivity index (χ4v) is 0.627. The predicted octanol–water partition coefficient (Wildman–Crippen LogP) is -0.0855. The largest absolute Gasteiger partial charge is 0.469 e. The normalized spacial score (nSPS) is 21.3. The third kappa shape index (κ3) is 2.86. The van der Waals surface area contributed by atoms with Gasteiger partial charge in [0.2, 0.25) is 12.2 Å². The fourth-order valence-electron chi connectivity index (χ4n) is 0.627. The number of rotatable bonds is 3. The Kier molecular flexibility index (Phi) is 2.68. The van der Waals surface area contributed by atoms with Crippen LogP contribution in [0, 0.1) is 0 Å². The number of allylic oxidation sites excluding steroid dienone is 2. The zero-order chi connectivity index (χ0) is 8.10. The first-order chi connectivity index (χ1) is 5.29. The van der Waals surface area contributed by atoms with Crippen molar-refractivity contribution in [1.29, 1.82) is 0 Å². The van der Waals surface area contributed by atoms with Crippen LogP contribution in [0.1, 0.15) is 0 Å². The van der Waals surface area contributed by atoms with Gasteiger partial charge in [0, 0.05) is 0 Å². The maximum absolute atomic E-state index is 10.2. The van der Waals surface area contributed by atoms with Gasteiger partial charge in [-0.1, -0.05) is 6.08 Å². The molecule has 0 fully saturated rings. The summed E-state index contributed by atoms with van der Waals surface area (Å²) in [4.78, 5) is 10.2. The van der Waals surface area contributed by atoms with Gasteiger partial charge in [-0.15, -0.1) is 0 Å². The van der Waals surface area contributed by atoms with E-state index in [9.17, 15) is 4.79 Å². The zero-order valence-electron chi connectivity index (χ0n) is 5.90. The highest BCUT2D eigenvalue weighted by atomic mass is 16.7. The molecule has 1 aliphatic heterocycles. The van der Waals surface area contributed by atoms with Crippen LogP contribution in [-0.4, -0.2) is 18.8 Å². The van der Waals surface area contributed by atoms with Crippen LogP contribution in [0.2, 0.25) is 0 Å². The van der Waals surface area contributed by atoms with Gasteiger partial charge in [0.1, 0.15) is 6.61 Å². The lowest BCUT2D eigenvalue weighted by Crippen LogP contribution is -2.23. The molecule has 0 bridgehead atoms. The van der Waals surface area contributed by atoms with Crippen molar-refractivity contribution in [1.82, 2.24) is 0 Å². The summed E-state index contributed by atoms with van der Waals surface area (Å²) in [5.41, 5.74) is 4.85. The lowest BCUT2D eigenvalue weighted by molar-refractivity contribution is -0.132. The standard InChI is InChI=1S/C7H9NO3/c8-6(9)5-11-7-3-1-2-4-10-7/h1-4,7H,5H2,(H2,8,9). The minimum atomic E-state index is -0.503. The van der Waals surface area contributed by atoms with Crippen LogP contribution in [0.4, 0.5) is 0 Å². The lowest BCUT2D eigenvalue weighted by atomic mass is 10.4. The third-order valence-corrected chi connectivity index (χ3v) is 1.06. The van der Waals surface area contributed by atoms with E-state index in [1.807, 2.05) is 0 Å². The molecule has 0 aliphatic carbocycles. The second kappa shape index (κ2) is 3.78. The van der Waals surface area contributed by atoms with Crippen molar-refractivity contribution >= 4 is 5.91 Å². The van der Waals surface area contributed by atoms with Gasteiger partial charge >= 0.3 is 0 Å². The van der Waals surface area contributed by atoms with Crippen molar-refractivity contribution in [2.75, 3.05) is 6.61 Å². The monoisotopic (exact) mass is 155 g/mol. The molecule has 2 N–H and O–H groups in total. The van der Waals surface area contributed by atoms with Crippen molar-refractivity contribution in [3.05, 3.63) is 24.5 Å². The van der Waals surface area contributed by atoms with Gasteiger partial charge in [0.15, 0.2) is 0 Å². The molecule has 11 heavy (non-hydrogen) atoms. The SMILES string of the molecule is NC(=O)COC1C=CC=CO1. The lowest BCUT2D eigenvalue weighted by Gasteiger charge is -2.13. The number of carbonyl (C=O) groups is 1. The Bertz CT molecular complexity index is 198. The Morgan fingerprint density at radius 1 is 1.64 bits per heavy atom. The molecule has 0 radical (unpaired) electrons. The Morgan fingerprint density at radius 2 is 2.45 bits per heavy atom. The first-order valence-corrected chi connectivity index (χ1v) is 3.18. The zero-order valence-corrected chi connectivity index (χ0v) is 5.90. The Labute approximate surface area is 64.3 Å². The molecule has 1 unspecified atom stereocenters. The van der Waals surface area contributed by atoms with Gasteiger partial charge in [-0.05, 0) is 12.2 Å². The number of amides is 1. The summed E-state index contributed by atoms with van der Waals surface area (Å²) in [6.07, 6.45) is 6.20. The van der Waals surface area contributed by atoms with E-state index in [2.05, 4.69) is 0 Å². The van der Waals surface area contributed by atoms with Crippen LogP contribution in [0.3, 0.4) is 0 Å². The summed E-state index contributed by atoms with van der Waals surface area (Å²) in [6.45, 7) is -0.122. The van der Waals surface area contributed by atoms with E-state index in [1.165, 1.54) is 6.26 Å². The molecule has 1 heterocycles. The second-order valence-corrected chi connectivity index (χ2v) is 2.00. The molecule has 1 rings (SSSR count). The van der Waals surface area contributed by atoms with Crippen LogP contribution in [0.25, 0.3) is 0 Å². The Balaban J connectivity index is 2.22. The number of hydrogen-bond donors (Lipinski definition) is 1. The average Bonchev–Trinajstić information content (AvgIpc) is 2.03. The van der Waals surface area contributed by atoms with Crippen molar-refractivity contribution in [2.45, 2.75) is 6.29 Å². The first-order valence-electron chi connectivity index (χ1n) is 3.18. The summed E-state index contributed by atoms with van der Waals surface area (Å²) >= 11 is 0. The highest BCUT2D eigenvalue weighted by molar-refractivity contribution is 5.75. The summed E-state index contributed by atoms with van der Waals surface area (Å²) in [5.74, 6) is -0.503. The summed E-state index contributed by atoms with van der Waals surface area (Å²) in [5, 5.41) is 0. The van der Waals surface area contributed by atoms with Crippen LogP contribution >= 0.6 is 0 Å². The highest BCUT2D eigenvalue weighted by Gasteiger charge is 2.06. The number of ether oxygens (including phenoxy) is 2. The summed E-state index contributed by atoms with van der Waals surface area (Å²) < 4.78 is 9.84. The molecule has 0 aromatic rings. The maximum Gasteiger partial charge on any atom is 0.243 e. The second-order valence-electron chi connectivity index (χ2n) is 2.00. The minimum Gasteiger partial charge on any atom is -0.469 e. The molecule has 4 nitrogen and oxygen atoms in total. The third-order valence-electron chi connectivity index (χ3n) is 1.06. The summed E-state index contributed by atoms with van der Waals surface area (Å²) in [7, 11) is 0. The maximum atomic E-state index is 10.2. The van der Waals surface area contributed by atoms with Crippen LogP contribution < -0.4 is 5.73 Å². The molecule has 4 heteroatoms. The quantitative estimate of drug-likeness (QED) is 0.619. The fraction of sp³-hybridized carbons (Fsp3) is 0.286. The minimum absolute atomic E-state index is 0.122. The summed E-state index contributed by atoms with van der Waals surface area (Å²) in [6, 6.07) is 0. The van der Waals surface area contributed by atoms with Crippen LogP contribution in [0.15, 0.2) is 24.5 Å². The van der Waals surface area contributed by atoms with Gasteiger partial charge in [-0.3, -0.25) is 4.79 Å². The van der Waals surface area contributed by atoms with Crippen molar-refractivity contribution < 1.29 is 14.3 Å². The Morgan fingerprint density at radius 3 is 3.00 bits per heavy atom. The van der Waals surface area contributed by atoms with Gasteiger partial charge in [0.05, 0.1) is 6.26 Å². The van der Waals surface area contributed by atoms with Gasteiger partial charge in [-0.2, -0.15) is 0 Å². The molecule has 1 atom stereocenters. The van der Waals surface area contributed by atoms with E-state index in [4.69, 9.17) is 15.2 Å². The molecule has 0 saturated carbocycles. The number of hydrogen-bond acceptors (Lipinski definition) is 3. The topological polar surface area (TPSA) is 61.6 Å². The van der Waals surface area contributed by atoms with Crippen molar-refractivity contribution in [3.8, 4) is 0 Å². The van der Waals surface area contributed by atoms with Gasteiger partial charge < -0.3 is 15.2 Å². The van der Waals surface area contributed by atoms with E-state index >= 15 is 0 Å². The molecule has 0 spiro atoms. The Hall–Kier alpha value is -1.29. The van der Waals surface area contributed by atoms with E-state index < -0.39 is 12.2 Å². The van der Waals surface area contributed by atoms with Gasteiger partial charge in [0.25, 0.3) is 0 Å². The van der Waals surface area contributed by atoms with E-state index in [1.54, 1.807) is 18.2 Å². The molecule has 0 saturated heterocycles.